The molecular formula is C21H20ClF4N5O7. The van der Waals surface area contributed by atoms with E-state index < -0.39 is 60.8 Å². The van der Waals surface area contributed by atoms with Gasteiger partial charge in [-0.3, -0.25) is 4.57 Å². The van der Waals surface area contributed by atoms with Crippen LogP contribution in [0.25, 0.3) is 11.2 Å². The van der Waals surface area contributed by atoms with Crippen molar-refractivity contribution in [3.05, 3.63) is 47.0 Å². The van der Waals surface area contributed by atoms with Gasteiger partial charge in [0.15, 0.2) is 11.5 Å². The Hall–Kier alpha value is -3.60. The normalized spacial score (nSPS) is 14.8. The highest BCUT2D eigenvalue weighted by Crippen LogP contribution is 2.31. The summed E-state index contributed by atoms with van der Waals surface area (Å²) < 4.78 is 64.7. The van der Waals surface area contributed by atoms with Crippen LogP contribution in [0.15, 0.2) is 30.6 Å². The van der Waals surface area contributed by atoms with Crippen molar-refractivity contribution in [2.45, 2.75) is 36.7 Å². The lowest BCUT2D eigenvalue weighted by Gasteiger charge is -2.30. The highest BCUT2D eigenvalue weighted by atomic mass is 35.5. The van der Waals surface area contributed by atoms with E-state index in [1.807, 2.05) is 0 Å². The summed E-state index contributed by atoms with van der Waals surface area (Å²) in [5.41, 5.74) is 1.30. The maximum Gasteiger partial charge on any atom is 0.416 e. The Morgan fingerprint density at radius 2 is 1.76 bits per heavy atom. The second-order valence-electron chi connectivity index (χ2n) is 7.96. The first-order chi connectivity index (χ1) is 17.7. The van der Waals surface area contributed by atoms with Crippen molar-refractivity contribution >= 4 is 40.5 Å². The third kappa shape index (κ3) is 5.77. The number of aliphatic hydroxyl groups is 1. The van der Waals surface area contributed by atoms with Crippen molar-refractivity contribution in [3.63, 3.8) is 0 Å². The topological polar surface area (TPSA) is 183 Å². The maximum atomic E-state index is 15.3. The number of hydrogen-bond acceptors (Lipinski definition) is 9. The minimum absolute atomic E-state index is 0.0261. The number of aromatic nitrogens is 4. The van der Waals surface area contributed by atoms with Crippen LogP contribution in [0.5, 0.6) is 0 Å². The number of ether oxygens (including phenoxy) is 2. The van der Waals surface area contributed by atoms with E-state index in [0.29, 0.717) is 12.1 Å². The maximum absolute atomic E-state index is 15.3. The van der Waals surface area contributed by atoms with Gasteiger partial charge in [-0.15, -0.1) is 0 Å². The van der Waals surface area contributed by atoms with E-state index in [1.165, 1.54) is 0 Å². The van der Waals surface area contributed by atoms with Crippen LogP contribution in [-0.2, 0) is 31.7 Å². The van der Waals surface area contributed by atoms with E-state index >= 15 is 4.39 Å². The van der Waals surface area contributed by atoms with Crippen LogP contribution in [-0.4, -0.2) is 78.3 Å². The van der Waals surface area contributed by atoms with Gasteiger partial charge in [0, 0.05) is 13.5 Å². The number of aliphatic carboxylic acids is 2. The first kappa shape index (κ1) is 29.0. The molecule has 5 N–H and O–H groups in total. The van der Waals surface area contributed by atoms with Gasteiger partial charge in [0.05, 0.1) is 18.5 Å². The number of imidazole rings is 1. The van der Waals surface area contributed by atoms with E-state index in [0.717, 1.165) is 30.1 Å². The van der Waals surface area contributed by atoms with Gasteiger partial charge in [0.1, 0.15) is 17.7 Å². The van der Waals surface area contributed by atoms with Gasteiger partial charge >= 0.3 is 18.1 Å². The average Bonchev–Trinajstić information content (AvgIpc) is 3.26. The van der Waals surface area contributed by atoms with Crippen LogP contribution in [0.1, 0.15) is 17.4 Å². The predicted molar refractivity (Wildman–Crippen MR) is 121 cm³/mol. The number of carboxylic acid groups (broad SMARTS) is 2. The SMILES string of the molecule is CO[C@H](COC(Cc1ccc(C(F)(F)F)cc1)(C(=O)O)C(=O)O)[C@@H](O)[C@H](F)n1cnc2c(N)nc(Cl)nc21. The van der Waals surface area contributed by atoms with E-state index in [1.54, 1.807) is 0 Å². The molecule has 2 aromatic heterocycles. The van der Waals surface area contributed by atoms with E-state index in [4.69, 9.17) is 26.8 Å². The summed E-state index contributed by atoms with van der Waals surface area (Å²) in [6, 6.07) is 3.10. The van der Waals surface area contributed by atoms with E-state index in [9.17, 15) is 38.1 Å². The summed E-state index contributed by atoms with van der Waals surface area (Å²) in [4.78, 5) is 35.3. The largest absolute Gasteiger partial charge is 0.479 e. The monoisotopic (exact) mass is 565 g/mol. The molecule has 2 heterocycles. The van der Waals surface area contributed by atoms with Gasteiger partial charge in [-0.2, -0.15) is 23.1 Å². The first-order valence-electron chi connectivity index (χ1n) is 10.5. The Balaban J connectivity index is 1.84. The fraction of sp³-hybridized carbons (Fsp3) is 0.381. The van der Waals surface area contributed by atoms with Gasteiger partial charge in [0.2, 0.25) is 11.6 Å². The summed E-state index contributed by atoms with van der Waals surface area (Å²) in [7, 11) is 1.02. The molecule has 0 spiro atoms. The van der Waals surface area contributed by atoms with Crippen LogP contribution < -0.4 is 5.73 Å². The van der Waals surface area contributed by atoms with Gasteiger partial charge in [-0.05, 0) is 29.3 Å². The molecule has 0 amide bonds. The molecule has 38 heavy (non-hydrogen) atoms. The van der Waals surface area contributed by atoms with Crippen LogP contribution >= 0.6 is 11.6 Å². The second-order valence-corrected chi connectivity index (χ2v) is 8.30. The molecule has 206 valence electrons. The summed E-state index contributed by atoms with van der Waals surface area (Å²) >= 11 is 5.74. The van der Waals surface area contributed by atoms with Gasteiger partial charge in [0.25, 0.3) is 5.60 Å². The Labute approximate surface area is 215 Å². The molecule has 0 fully saturated rings. The van der Waals surface area contributed by atoms with Crippen molar-refractivity contribution in [3.8, 4) is 0 Å². The number of fused-ring (bicyclic) bond motifs is 1. The van der Waals surface area contributed by atoms with Crippen LogP contribution in [0, 0.1) is 0 Å². The molecule has 17 heteroatoms. The highest BCUT2D eigenvalue weighted by Gasteiger charge is 2.49. The minimum atomic E-state index is -4.67. The fourth-order valence-corrected chi connectivity index (χ4v) is 3.65. The number of nitrogens with zero attached hydrogens (tertiary/aromatic N) is 4. The molecule has 3 aromatic rings. The number of nitrogen functional groups attached to an aromatic ring is 1. The molecule has 0 unspecified atom stereocenters. The number of anilines is 1. The minimum Gasteiger partial charge on any atom is -0.479 e. The Morgan fingerprint density at radius 1 is 1.16 bits per heavy atom. The number of carboxylic acids is 2. The molecule has 0 aliphatic rings. The molecule has 0 bridgehead atoms. The lowest BCUT2D eigenvalue weighted by Crippen LogP contribution is -2.53. The van der Waals surface area contributed by atoms with Crippen LogP contribution in [0.2, 0.25) is 5.28 Å². The average molecular weight is 566 g/mol. The number of hydrogen-bond donors (Lipinski definition) is 4. The number of carbonyl (C=O) groups is 2. The molecule has 0 aliphatic heterocycles. The third-order valence-electron chi connectivity index (χ3n) is 5.57. The smallest absolute Gasteiger partial charge is 0.416 e. The Kier molecular flexibility index (Phi) is 8.40. The van der Waals surface area contributed by atoms with Gasteiger partial charge in [-0.25, -0.2) is 19.0 Å². The zero-order valence-corrected chi connectivity index (χ0v) is 20.0. The number of methoxy groups -OCH3 is 1. The molecule has 0 saturated carbocycles. The zero-order chi connectivity index (χ0) is 28.4. The molecule has 0 aliphatic carbocycles. The van der Waals surface area contributed by atoms with Crippen molar-refractivity contribution < 1.29 is 51.9 Å². The summed E-state index contributed by atoms with van der Waals surface area (Å²) in [5, 5.41) is 29.6. The highest BCUT2D eigenvalue weighted by molar-refractivity contribution is 6.28. The lowest BCUT2D eigenvalue weighted by atomic mass is 9.93. The van der Waals surface area contributed by atoms with Crippen LogP contribution in [0.4, 0.5) is 23.4 Å². The molecule has 12 nitrogen and oxygen atoms in total. The van der Waals surface area contributed by atoms with E-state index in [-0.39, 0.29) is 27.8 Å². The molecule has 1 aromatic carbocycles. The summed E-state index contributed by atoms with van der Waals surface area (Å²) in [5.74, 6) is -4.15. The second kappa shape index (κ2) is 11.0. The van der Waals surface area contributed by atoms with E-state index in [2.05, 4.69) is 15.0 Å². The molecule has 0 radical (unpaired) electrons. The summed E-state index contributed by atoms with van der Waals surface area (Å²) in [6.45, 7) is -0.957. The first-order valence-corrected chi connectivity index (χ1v) is 10.9. The number of halogens is 5. The number of nitrogens with two attached hydrogens (primary N) is 1. The zero-order valence-electron chi connectivity index (χ0n) is 19.3. The number of rotatable bonds is 11. The molecular weight excluding hydrogens is 546 g/mol. The standard InChI is InChI=1S/C21H20ClF4N5O7/c1-37-11(13(32)14(23)31-8-28-12-15(27)29-19(22)30-16(12)31)7-38-20(17(33)34,18(35)36)6-9-2-4-10(5-3-9)21(24,25)26/h2-5,8,11,13-14,32H,6-7H2,1H3,(H,33,34)(H,35,36)(H2,27,29,30)/t11-,13-,14-/m1/s1. The van der Waals surface area contributed by atoms with Crippen molar-refractivity contribution in [2.24, 2.45) is 0 Å². The summed E-state index contributed by atoms with van der Waals surface area (Å²) in [6.07, 6.45) is -10.7. The van der Waals surface area contributed by atoms with Gasteiger partial charge in [-0.1, -0.05) is 12.1 Å². The molecule has 3 atom stereocenters. The number of benzene rings is 1. The lowest BCUT2D eigenvalue weighted by molar-refractivity contribution is -0.192. The molecule has 0 saturated heterocycles. The van der Waals surface area contributed by atoms with Gasteiger partial charge < -0.3 is 30.5 Å². The predicted octanol–water partition coefficient (Wildman–Crippen LogP) is 2.09. The van der Waals surface area contributed by atoms with Crippen molar-refractivity contribution in [2.75, 3.05) is 19.5 Å². The van der Waals surface area contributed by atoms with Crippen molar-refractivity contribution in [1.82, 2.24) is 19.5 Å². The fourth-order valence-electron chi connectivity index (χ4n) is 3.48. The Morgan fingerprint density at radius 3 is 2.29 bits per heavy atom. The third-order valence-corrected chi connectivity index (χ3v) is 5.74. The quantitative estimate of drug-likeness (QED) is 0.152. The molecule has 3 rings (SSSR count). The number of alkyl halides is 4. The van der Waals surface area contributed by atoms with Crippen molar-refractivity contribution in [1.29, 1.82) is 0 Å². The number of aliphatic hydroxyl groups excluding tert-OH is 1. The Bertz CT molecular complexity index is 1310. The van der Waals surface area contributed by atoms with Crippen LogP contribution in [0.3, 0.4) is 0 Å².